The van der Waals surface area contributed by atoms with E-state index in [1.165, 1.54) is 12.6 Å². The number of nitrogen functional groups attached to an aromatic ring is 1. The zero-order valence-electron chi connectivity index (χ0n) is 8.89. The van der Waals surface area contributed by atoms with E-state index in [9.17, 15) is 4.79 Å². The summed E-state index contributed by atoms with van der Waals surface area (Å²) >= 11 is 0. The average molecular weight is 222 g/mol. The molecule has 0 saturated carbocycles. The Morgan fingerprint density at radius 3 is 2.69 bits per heavy atom. The van der Waals surface area contributed by atoms with Crippen LogP contribution in [0.3, 0.4) is 0 Å². The molecule has 16 heavy (non-hydrogen) atoms. The van der Waals surface area contributed by atoms with E-state index in [1.807, 2.05) is 4.90 Å². The number of aromatic carboxylic acids is 1. The quantitative estimate of drug-likeness (QED) is 0.767. The summed E-state index contributed by atoms with van der Waals surface area (Å²) < 4.78 is 0. The van der Waals surface area contributed by atoms with Crippen LogP contribution in [0.4, 0.5) is 11.6 Å². The molecule has 1 saturated heterocycles. The summed E-state index contributed by atoms with van der Waals surface area (Å²) in [5.41, 5.74) is 5.28. The predicted molar refractivity (Wildman–Crippen MR) is 59.5 cm³/mol. The molecule has 0 spiro atoms. The Labute approximate surface area is 93.1 Å². The molecule has 0 atom stereocenters. The zero-order valence-corrected chi connectivity index (χ0v) is 8.89. The largest absolute Gasteiger partial charge is 0.476 e. The lowest BCUT2D eigenvalue weighted by molar-refractivity contribution is 0.0691. The summed E-state index contributed by atoms with van der Waals surface area (Å²) in [5.74, 6) is -0.566. The summed E-state index contributed by atoms with van der Waals surface area (Å²) in [7, 11) is 0. The molecule has 0 bridgehead atoms. The van der Waals surface area contributed by atoms with Crippen molar-refractivity contribution in [1.29, 1.82) is 0 Å². The van der Waals surface area contributed by atoms with Gasteiger partial charge in [-0.05, 0) is 19.3 Å². The third-order valence-electron chi connectivity index (χ3n) is 2.67. The number of hydrogen-bond acceptors (Lipinski definition) is 5. The van der Waals surface area contributed by atoms with Gasteiger partial charge in [0.25, 0.3) is 0 Å². The third kappa shape index (κ3) is 2.05. The van der Waals surface area contributed by atoms with E-state index < -0.39 is 5.97 Å². The van der Waals surface area contributed by atoms with Gasteiger partial charge in [0.15, 0.2) is 11.5 Å². The number of piperidine rings is 1. The molecule has 1 fully saturated rings. The summed E-state index contributed by atoms with van der Waals surface area (Å²) in [6.45, 7) is 1.80. The van der Waals surface area contributed by atoms with Gasteiger partial charge < -0.3 is 15.7 Å². The first-order valence-electron chi connectivity index (χ1n) is 5.29. The van der Waals surface area contributed by atoms with Gasteiger partial charge in [-0.15, -0.1) is 0 Å². The normalized spacial score (nSPS) is 16.1. The maximum atomic E-state index is 10.9. The molecule has 3 N–H and O–H groups in total. The van der Waals surface area contributed by atoms with Crippen LogP contribution in [0.2, 0.25) is 0 Å². The topological polar surface area (TPSA) is 92.3 Å². The van der Waals surface area contributed by atoms with Crippen molar-refractivity contribution >= 4 is 17.6 Å². The summed E-state index contributed by atoms with van der Waals surface area (Å²) in [6.07, 6.45) is 4.96. The molecule has 6 nitrogen and oxygen atoms in total. The average Bonchev–Trinajstić information content (AvgIpc) is 2.30. The van der Waals surface area contributed by atoms with Crippen molar-refractivity contribution in [2.24, 2.45) is 0 Å². The van der Waals surface area contributed by atoms with Crippen molar-refractivity contribution in [2.45, 2.75) is 19.3 Å². The molecule has 0 unspecified atom stereocenters. The van der Waals surface area contributed by atoms with Gasteiger partial charge >= 0.3 is 5.97 Å². The molecule has 1 aliphatic rings. The molecule has 0 amide bonds. The van der Waals surface area contributed by atoms with Crippen molar-refractivity contribution in [3.63, 3.8) is 0 Å². The molecule has 0 aromatic carbocycles. The van der Waals surface area contributed by atoms with E-state index in [0.29, 0.717) is 5.82 Å². The van der Waals surface area contributed by atoms with Crippen LogP contribution < -0.4 is 10.6 Å². The number of rotatable bonds is 2. The van der Waals surface area contributed by atoms with E-state index in [1.54, 1.807) is 0 Å². The van der Waals surface area contributed by atoms with E-state index in [2.05, 4.69) is 9.97 Å². The van der Waals surface area contributed by atoms with Crippen LogP contribution in [-0.2, 0) is 0 Å². The lowest BCUT2D eigenvalue weighted by atomic mass is 10.1. The lowest BCUT2D eigenvalue weighted by Crippen LogP contribution is -2.30. The summed E-state index contributed by atoms with van der Waals surface area (Å²) in [6, 6.07) is 0. The molecule has 2 rings (SSSR count). The number of aromatic nitrogens is 2. The highest BCUT2D eigenvalue weighted by atomic mass is 16.4. The second kappa shape index (κ2) is 4.34. The van der Waals surface area contributed by atoms with E-state index in [4.69, 9.17) is 10.8 Å². The van der Waals surface area contributed by atoms with Gasteiger partial charge in [0.05, 0.1) is 6.20 Å². The highest BCUT2D eigenvalue weighted by Crippen LogP contribution is 2.18. The minimum absolute atomic E-state index is 0.0340. The van der Waals surface area contributed by atoms with Crippen molar-refractivity contribution in [3.8, 4) is 0 Å². The van der Waals surface area contributed by atoms with Gasteiger partial charge in [0, 0.05) is 13.1 Å². The monoisotopic (exact) mass is 222 g/mol. The number of carbonyl (C=O) groups is 1. The highest BCUT2D eigenvalue weighted by molar-refractivity contribution is 5.90. The number of hydrogen-bond donors (Lipinski definition) is 2. The van der Waals surface area contributed by atoms with Crippen molar-refractivity contribution < 1.29 is 9.90 Å². The molecule has 86 valence electrons. The van der Waals surface area contributed by atoms with Gasteiger partial charge in [-0.3, -0.25) is 0 Å². The Morgan fingerprint density at radius 1 is 1.38 bits per heavy atom. The number of carboxylic acids is 1. The van der Waals surface area contributed by atoms with E-state index in [0.717, 1.165) is 25.9 Å². The first-order chi connectivity index (χ1) is 7.68. The number of nitrogens with zero attached hydrogens (tertiary/aromatic N) is 3. The second-order valence-corrected chi connectivity index (χ2v) is 3.81. The third-order valence-corrected chi connectivity index (χ3v) is 2.67. The molecule has 2 heterocycles. The van der Waals surface area contributed by atoms with Crippen molar-refractivity contribution in [2.75, 3.05) is 23.7 Å². The molecule has 1 aromatic rings. The Morgan fingerprint density at radius 2 is 2.06 bits per heavy atom. The maximum Gasteiger partial charge on any atom is 0.358 e. The molecule has 6 heteroatoms. The van der Waals surface area contributed by atoms with Crippen LogP contribution >= 0.6 is 0 Å². The molecule has 0 aliphatic carbocycles. The molecular weight excluding hydrogens is 208 g/mol. The minimum Gasteiger partial charge on any atom is -0.476 e. The number of anilines is 2. The SMILES string of the molecule is Nc1ncc(N2CCCCC2)nc1C(=O)O. The summed E-state index contributed by atoms with van der Waals surface area (Å²) in [4.78, 5) is 20.8. The van der Waals surface area contributed by atoms with Gasteiger partial charge in [-0.2, -0.15) is 0 Å². The second-order valence-electron chi connectivity index (χ2n) is 3.81. The molecular formula is C10H14N4O2. The first-order valence-corrected chi connectivity index (χ1v) is 5.29. The standard InChI is InChI=1S/C10H14N4O2/c11-9-8(10(15)16)13-7(6-12-9)14-4-2-1-3-5-14/h6H,1-5H2,(H2,11,12)(H,15,16). The molecule has 0 radical (unpaired) electrons. The van der Waals surface area contributed by atoms with Crippen LogP contribution in [0.5, 0.6) is 0 Å². The highest BCUT2D eigenvalue weighted by Gasteiger charge is 2.17. The fraction of sp³-hybridized carbons (Fsp3) is 0.500. The fourth-order valence-electron chi connectivity index (χ4n) is 1.82. The Balaban J connectivity index is 2.27. The van der Waals surface area contributed by atoms with E-state index >= 15 is 0 Å². The Kier molecular flexibility index (Phi) is 2.89. The van der Waals surface area contributed by atoms with Crippen molar-refractivity contribution in [1.82, 2.24) is 9.97 Å². The fourth-order valence-corrected chi connectivity index (χ4v) is 1.82. The zero-order chi connectivity index (χ0) is 11.5. The van der Waals surface area contributed by atoms with Crippen molar-refractivity contribution in [3.05, 3.63) is 11.9 Å². The number of nitrogens with two attached hydrogens (primary N) is 1. The smallest absolute Gasteiger partial charge is 0.358 e. The Hall–Kier alpha value is -1.85. The Bertz CT molecular complexity index is 402. The van der Waals surface area contributed by atoms with Crippen LogP contribution in [0.25, 0.3) is 0 Å². The van der Waals surface area contributed by atoms with Crippen LogP contribution in [0.15, 0.2) is 6.20 Å². The maximum absolute atomic E-state index is 10.9. The molecule has 1 aliphatic heterocycles. The predicted octanol–water partition coefficient (Wildman–Crippen LogP) is 0.747. The van der Waals surface area contributed by atoms with Gasteiger partial charge in [-0.25, -0.2) is 14.8 Å². The van der Waals surface area contributed by atoms with Gasteiger partial charge in [0.1, 0.15) is 5.82 Å². The van der Waals surface area contributed by atoms with E-state index in [-0.39, 0.29) is 11.5 Å². The van der Waals surface area contributed by atoms with Crippen LogP contribution in [0.1, 0.15) is 29.8 Å². The van der Waals surface area contributed by atoms with Crippen LogP contribution in [0, 0.1) is 0 Å². The molecule has 1 aromatic heterocycles. The lowest BCUT2D eigenvalue weighted by Gasteiger charge is -2.27. The minimum atomic E-state index is -1.14. The number of carboxylic acid groups (broad SMARTS) is 1. The van der Waals surface area contributed by atoms with Crippen LogP contribution in [-0.4, -0.2) is 34.1 Å². The summed E-state index contributed by atoms with van der Waals surface area (Å²) in [5, 5.41) is 8.89. The van der Waals surface area contributed by atoms with Gasteiger partial charge in [-0.1, -0.05) is 0 Å². The first kappa shape index (κ1) is 10.7. The van der Waals surface area contributed by atoms with Gasteiger partial charge in [0.2, 0.25) is 0 Å².